The molecule has 2 fully saturated rings. The maximum absolute atomic E-state index is 12.5. The molecule has 0 bridgehead atoms. The van der Waals surface area contributed by atoms with Gasteiger partial charge in [-0.25, -0.2) is 4.68 Å². The summed E-state index contributed by atoms with van der Waals surface area (Å²) in [5.41, 5.74) is 0.542. The molecule has 0 N–H and O–H groups in total. The molecule has 0 unspecified atom stereocenters. The third kappa shape index (κ3) is 2.37. The lowest BCUT2D eigenvalue weighted by molar-refractivity contribution is 0.0750. The molecule has 2 aliphatic rings. The normalized spacial score (nSPS) is 21.4. The minimum atomic E-state index is -0.188. The minimum Gasteiger partial charge on any atom is -0.337 e. The first-order valence-electron chi connectivity index (χ1n) is 7.43. The first-order valence-corrected chi connectivity index (χ1v) is 7.43. The molecule has 3 rings (SSSR count). The average molecular weight is 275 g/mol. The van der Waals surface area contributed by atoms with Crippen LogP contribution >= 0.6 is 0 Å². The molecule has 1 aromatic heterocycles. The molecule has 1 saturated heterocycles. The lowest BCUT2D eigenvalue weighted by Crippen LogP contribution is -2.34. The highest BCUT2D eigenvalue weighted by atomic mass is 16.2. The number of hydrogen-bond donors (Lipinski definition) is 0. The summed E-state index contributed by atoms with van der Waals surface area (Å²) in [7, 11) is 1.58. The van der Waals surface area contributed by atoms with Gasteiger partial charge in [0.05, 0.1) is 0 Å². The van der Waals surface area contributed by atoms with E-state index in [1.165, 1.54) is 48.9 Å². The molecule has 2 heterocycles. The van der Waals surface area contributed by atoms with Crippen molar-refractivity contribution in [3.05, 3.63) is 28.2 Å². The molecule has 1 amide bonds. The number of amides is 1. The van der Waals surface area contributed by atoms with Crippen LogP contribution in [0.3, 0.4) is 0 Å². The molecule has 5 heteroatoms. The van der Waals surface area contributed by atoms with Crippen molar-refractivity contribution in [2.24, 2.45) is 12.5 Å². The van der Waals surface area contributed by atoms with Gasteiger partial charge in [-0.1, -0.05) is 19.3 Å². The number of carbonyl (C=O) groups is 1. The summed E-state index contributed by atoms with van der Waals surface area (Å²) < 4.78 is 1.22. The van der Waals surface area contributed by atoms with Crippen LogP contribution in [-0.2, 0) is 7.05 Å². The van der Waals surface area contributed by atoms with E-state index in [0.717, 1.165) is 19.5 Å². The highest BCUT2D eigenvalue weighted by Crippen LogP contribution is 2.43. The van der Waals surface area contributed by atoms with Crippen molar-refractivity contribution in [3.8, 4) is 0 Å². The van der Waals surface area contributed by atoms with Gasteiger partial charge in [0, 0.05) is 26.2 Å². The SMILES string of the molecule is Cn1nc(C(=O)N2CCC3(CCCCC3)C2)ccc1=O. The Morgan fingerprint density at radius 1 is 1.20 bits per heavy atom. The zero-order valence-electron chi connectivity index (χ0n) is 12.0. The van der Waals surface area contributed by atoms with E-state index in [4.69, 9.17) is 0 Å². The fraction of sp³-hybridized carbons (Fsp3) is 0.667. The molecule has 108 valence electrons. The van der Waals surface area contributed by atoms with E-state index >= 15 is 0 Å². The third-order valence-corrected chi connectivity index (χ3v) is 4.82. The second-order valence-electron chi connectivity index (χ2n) is 6.22. The van der Waals surface area contributed by atoms with E-state index < -0.39 is 0 Å². The molecule has 1 saturated carbocycles. The molecule has 1 spiro atoms. The maximum Gasteiger partial charge on any atom is 0.274 e. The largest absolute Gasteiger partial charge is 0.337 e. The molecule has 0 radical (unpaired) electrons. The second kappa shape index (κ2) is 5.04. The first-order chi connectivity index (χ1) is 9.60. The van der Waals surface area contributed by atoms with Crippen LogP contribution in [0.1, 0.15) is 49.0 Å². The Labute approximate surface area is 118 Å². The molecule has 0 aromatic carbocycles. The maximum atomic E-state index is 12.5. The van der Waals surface area contributed by atoms with E-state index in [1.54, 1.807) is 7.05 Å². The van der Waals surface area contributed by atoms with Crippen LogP contribution in [0.15, 0.2) is 16.9 Å². The second-order valence-corrected chi connectivity index (χ2v) is 6.22. The van der Waals surface area contributed by atoms with Crippen molar-refractivity contribution in [1.29, 1.82) is 0 Å². The number of hydrogen-bond acceptors (Lipinski definition) is 3. The van der Waals surface area contributed by atoms with E-state index in [2.05, 4.69) is 5.10 Å². The first kappa shape index (κ1) is 13.3. The fourth-order valence-electron chi connectivity index (χ4n) is 3.60. The van der Waals surface area contributed by atoms with Gasteiger partial charge >= 0.3 is 0 Å². The number of nitrogens with zero attached hydrogens (tertiary/aromatic N) is 3. The predicted octanol–water partition coefficient (Wildman–Crippen LogP) is 1.58. The summed E-state index contributed by atoms with van der Waals surface area (Å²) in [6, 6.07) is 2.95. The molecule has 20 heavy (non-hydrogen) atoms. The van der Waals surface area contributed by atoms with Crippen LogP contribution in [0.4, 0.5) is 0 Å². The van der Waals surface area contributed by atoms with Gasteiger partial charge < -0.3 is 4.90 Å². The Morgan fingerprint density at radius 2 is 1.95 bits per heavy atom. The van der Waals surface area contributed by atoms with E-state index in [1.807, 2.05) is 4.90 Å². The number of aryl methyl sites for hydroxylation is 1. The average Bonchev–Trinajstić information content (AvgIpc) is 2.85. The van der Waals surface area contributed by atoms with Crippen LogP contribution in [-0.4, -0.2) is 33.7 Å². The van der Waals surface area contributed by atoms with Crippen LogP contribution < -0.4 is 5.56 Å². The topological polar surface area (TPSA) is 55.2 Å². The quantitative estimate of drug-likeness (QED) is 0.782. The molecular weight excluding hydrogens is 254 g/mol. The van der Waals surface area contributed by atoms with E-state index in [0.29, 0.717) is 11.1 Å². The van der Waals surface area contributed by atoms with Crippen LogP contribution in [0.25, 0.3) is 0 Å². The molecule has 1 aromatic rings. The van der Waals surface area contributed by atoms with Crippen molar-refractivity contribution in [2.75, 3.05) is 13.1 Å². The van der Waals surface area contributed by atoms with Crippen molar-refractivity contribution >= 4 is 5.91 Å². The monoisotopic (exact) mass is 275 g/mol. The van der Waals surface area contributed by atoms with E-state index in [-0.39, 0.29) is 11.5 Å². The van der Waals surface area contributed by atoms with Crippen molar-refractivity contribution in [3.63, 3.8) is 0 Å². The van der Waals surface area contributed by atoms with Gasteiger partial charge in [-0.3, -0.25) is 9.59 Å². The van der Waals surface area contributed by atoms with Crippen LogP contribution in [0.5, 0.6) is 0 Å². The molecular formula is C15H21N3O2. The van der Waals surface area contributed by atoms with Crippen LogP contribution in [0.2, 0.25) is 0 Å². The number of aromatic nitrogens is 2. The lowest BCUT2D eigenvalue weighted by Gasteiger charge is -2.33. The van der Waals surface area contributed by atoms with Gasteiger partial charge in [0.25, 0.3) is 11.5 Å². The summed E-state index contributed by atoms with van der Waals surface area (Å²) in [5.74, 6) is -0.0388. The Hall–Kier alpha value is -1.65. The van der Waals surface area contributed by atoms with Crippen molar-refractivity contribution < 1.29 is 4.79 Å². The summed E-state index contributed by atoms with van der Waals surface area (Å²) >= 11 is 0. The highest BCUT2D eigenvalue weighted by Gasteiger charge is 2.40. The van der Waals surface area contributed by atoms with E-state index in [9.17, 15) is 9.59 Å². The predicted molar refractivity (Wildman–Crippen MR) is 75.5 cm³/mol. The Balaban J connectivity index is 1.75. The molecule has 0 atom stereocenters. The molecule has 5 nitrogen and oxygen atoms in total. The summed E-state index contributed by atoms with van der Waals surface area (Å²) in [5, 5.41) is 4.06. The Kier molecular flexibility index (Phi) is 3.36. The smallest absolute Gasteiger partial charge is 0.274 e. The highest BCUT2D eigenvalue weighted by molar-refractivity contribution is 5.92. The number of likely N-dealkylation sites (tertiary alicyclic amines) is 1. The summed E-state index contributed by atoms with van der Waals surface area (Å²) in [4.78, 5) is 25.7. The van der Waals surface area contributed by atoms with Gasteiger partial charge in [-0.2, -0.15) is 5.10 Å². The van der Waals surface area contributed by atoms with Gasteiger partial charge in [0.1, 0.15) is 5.69 Å². The third-order valence-electron chi connectivity index (χ3n) is 4.82. The van der Waals surface area contributed by atoms with Gasteiger partial charge in [-0.15, -0.1) is 0 Å². The van der Waals surface area contributed by atoms with Crippen molar-refractivity contribution in [1.82, 2.24) is 14.7 Å². The minimum absolute atomic E-state index is 0.0388. The van der Waals surface area contributed by atoms with Crippen molar-refractivity contribution in [2.45, 2.75) is 38.5 Å². The number of carbonyl (C=O) groups excluding carboxylic acids is 1. The standard InChI is InChI=1S/C15H21N3O2/c1-17-13(19)6-5-12(16-17)14(20)18-10-9-15(11-18)7-3-2-4-8-15/h5-6H,2-4,7-11H2,1H3. The summed E-state index contributed by atoms with van der Waals surface area (Å²) in [6.07, 6.45) is 7.53. The van der Waals surface area contributed by atoms with Gasteiger partial charge in [0.15, 0.2) is 0 Å². The summed E-state index contributed by atoms with van der Waals surface area (Å²) in [6.45, 7) is 1.68. The van der Waals surface area contributed by atoms with Gasteiger partial charge in [-0.05, 0) is 30.7 Å². The zero-order valence-corrected chi connectivity index (χ0v) is 12.0. The van der Waals surface area contributed by atoms with Crippen LogP contribution in [0, 0.1) is 5.41 Å². The van der Waals surface area contributed by atoms with Gasteiger partial charge in [0.2, 0.25) is 0 Å². The molecule has 1 aliphatic heterocycles. The number of rotatable bonds is 1. The Morgan fingerprint density at radius 3 is 2.65 bits per heavy atom. The zero-order chi connectivity index (χ0) is 14.2. The lowest BCUT2D eigenvalue weighted by atomic mass is 9.73. The fourth-order valence-corrected chi connectivity index (χ4v) is 3.60. The Bertz CT molecular complexity index is 573. The molecule has 1 aliphatic carbocycles.